The second-order valence-corrected chi connectivity index (χ2v) is 3.45. The van der Waals surface area contributed by atoms with Crippen LogP contribution in [0.1, 0.15) is 26.7 Å². The minimum absolute atomic E-state index is 0.304. The molecule has 0 N–H and O–H groups in total. The Labute approximate surface area is 84.7 Å². The van der Waals surface area contributed by atoms with Gasteiger partial charge in [0.2, 0.25) is 0 Å². The molecule has 0 radical (unpaired) electrons. The minimum Gasteiger partial charge on any atom is -0.490 e. The average Bonchev–Trinajstić information content (AvgIpc) is 2.14. The molecule has 1 aromatic rings. The molecule has 1 rings (SSSR count). The highest BCUT2D eigenvalue weighted by Gasteiger charge is 2.04. The Bertz CT molecular complexity index is 256. The maximum Gasteiger partial charge on any atom is 0.121 e. The zero-order valence-corrected chi connectivity index (χ0v) is 8.84. The molecule has 1 nitrogen and oxygen atoms in total. The fourth-order valence-corrected chi connectivity index (χ4v) is 1.37. The first-order valence-corrected chi connectivity index (χ1v) is 5.06. The fourth-order valence-electron chi connectivity index (χ4n) is 1.19. The molecule has 0 saturated heterocycles. The van der Waals surface area contributed by atoms with Crippen LogP contribution < -0.4 is 4.74 Å². The van der Waals surface area contributed by atoms with E-state index in [0.717, 1.165) is 23.6 Å². The van der Waals surface area contributed by atoms with Crippen molar-refractivity contribution in [2.75, 3.05) is 0 Å². The zero-order valence-electron chi connectivity index (χ0n) is 8.09. The van der Waals surface area contributed by atoms with Crippen LogP contribution in [0.15, 0.2) is 24.3 Å². The van der Waals surface area contributed by atoms with Crippen LogP contribution in [0.25, 0.3) is 0 Å². The van der Waals surface area contributed by atoms with Gasteiger partial charge in [-0.15, -0.1) is 0 Å². The molecule has 0 aromatic heterocycles. The van der Waals surface area contributed by atoms with Gasteiger partial charge < -0.3 is 4.74 Å². The first-order chi connectivity index (χ1) is 6.26. The van der Waals surface area contributed by atoms with Crippen molar-refractivity contribution in [3.63, 3.8) is 0 Å². The quantitative estimate of drug-likeness (QED) is 0.713. The second-order valence-electron chi connectivity index (χ2n) is 3.01. The number of hydrogen-bond acceptors (Lipinski definition) is 1. The molecule has 0 aliphatic heterocycles. The SMILES string of the molecule is CCC(CC)Oc1cccc(Cl)c1. The molecule has 13 heavy (non-hydrogen) atoms. The Hall–Kier alpha value is -0.690. The van der Waals surface area contributed by atoms with E-state index in [1.54, 1.807) is 0 Å². The van der Waals surface area contributed by atoms with E-state index in [4.69, 9.17) is 16.3 Å². The van der Waals surface area contributed by atoms with Crippen LogP contribution in [-0.2, 0) is 0 Å². The third-order valence-electron chi connectivity index (χ3n) is 2.01. The van der Waals surface area contributed by atoms with Crippen LogP contribution in [0.5, 0.6) is 5.75 Å². The van der Waals surface area contributed by atoms with Gasteiger partial charge in [0.25, 0.3) is 0 Å². The highest BCUT2D eigenvalue weighted by atomic mass is 35.5. The van der Waals surface area contributed by atoms with Gasteiger partial charge in [-0.2, -0.15) is 0 Å². The summed E-state index contributed by atoms with van der Waals surface area (Å²) in [6, 6.07) is 7.53. The lowest BCUT2D eigenvalue weighted by Crippen LogP contribution is -2.13. The summed E-state index contributed by atoms with van der Waals surface area (Å²) in [6.45, 7) is 4.25. The van der Waals surface area contributed by atoms with Crippen LogP contribution in [-0.4, -0.2) is 6.10 Å². The number of rotatable bonds is 4. The first kappa shape index (κ1) is 10.4. The van der Waals surface area contributed by atoms with E-state index in [0.29, 0.717) is 6.10 Å². The van der Waals surface area contributed by atoms with Crippen molar-refractivity contribution in [2.45, 2.75) is 32.8 Å². The Morgan fingerprint density at radius 3 is 2.54 bits per heavy atom. The largest absolute Gasteiger partial charge is 0.490 e. The van der Waals surface area contributed by atoms with Crippen molar-refractivity contribution in [1.29, 1.82) is 0 Å². The van der Waals surface area contributed by atoms with Gasteiger partial charge in [-0.3, -0.25) is 0 Å². The number of benzene rings is 1. The molecule has 0 saturated carbocycles. The van der Waals surface area contributed by atoms with Gasteiger partial charge in [0.1, 0.15) is 5.75 Å². The third kappa shape index (κ3) is 3.27. The van der Waals surface area contributed by atoms with E-state index >= 15 is 0 Å². The van der Waals surface area contributed by atoms with Crippen LogP contribution >= 0.6 is 11.6 Å². The molecule has 0 atom stereocenters. The van der Waals surface area contributed by atoms with Crippen molar-refractivity contribution in [1.82, 2.24) is 0 Å². The lowest BCUT2D eigenvalue weighted by atomic mass is 10.2. The highest BCUT2D eigenvalue weighted by Crippen LogP contribution is 2.19. The van der Waals surface area contributed by atoms with Gasteiger partial charge in [-0.05, 0) is 31.0 Å². The summed E-state index contributed by atoms with van der Waals surface area (Å²) in [6.07, 6.45) is 2.37. The van der Waals surface area contributed by atoms with Crippen LogP contribution in [0, 0.1) is 0 Å². The summed E-state index contributed by atoms with van der Waals surface area (Å²) in [4.78, 5) is 0. The third-order valence-corrected chi connectivity index (χ3v) is 2.24. The monoisotopic (exact) mass is 198 g/mol. The molecule has 1 aromatic carbocycles. The predicted molar refractivity (Wildman–Crippen MR) is 56.5 cm³/mol. The molecule has 0 spiro atoms. The Balaban J connectivity index is 2.62. The molecule has 0 fully saturated rings. The molecule has 0 aliphatic carbocycles. The molecule has 0 bridgehead atoms. The maximum atomic E-state index is 5.83. The van der Waals surface area contributed by atoms with E-state index in [9.17, 15) is 0 Å². The normalized spacial score (nSPS) is 10.5. The molecule has 0 aliphatic rings. The van der Waals surface area contributed by atoms with E-state index in [1.807, 2.05) is 24.3 Å². The second kappa shape index (κ2) is 5.13. The smallest absolute Gasteiger partial charge is 0.121 e. The van der Waals surface area contributed by atoms with Gasteiger partial charge in [-0.25, -0.2) is 0 Å². The van der Waals surface area contributed by atoms with Crippen LogP contribution in [0.4, 0.5) is 0 Å². The van der Waals surface area contributed by atoms with Crippen LogP contribution in [0.3, 0.4) is 0 Å². The molecule has 72 valence electrons. The van der Waals surface area contributed by atoms with Gasteiger partial charge in [0.15, 0.2) is 0 Å². The predicted octanol–water partition coefficient (Wildman–Crippen LogP) is 3.91. The Morgan fingerprint density at radius 1 is 1.31 bits per heavy atom. The van der Waals surface area contributed by atoms with Crippen molar-refractivity contribution in [3.05, 3.63) is 29.3 Å². The Morgan fingerprint density at radius 2 is 2.00 bits per heavy atom. The van der Waals surface area contributed by atoms with Crippen molar-refractivity contribution >= 4 is 11.6 Å². The molecule has 0 amide bonds. The summed E-state index contributed by atoms with van der Waals surface area (Å²) < 4.78 is 5.71. The van der Waals surface area contributed by atoms with Gasteiger partial charge in [0, 0.05) is 5.02 Å². The summed E-state index contributed by atoms with van der Waals surface area (Å²) >= 11 is 5.83. The van der Waals surface area contributed by atoms with Crippen LogP contribution in [0.2, 0.25) is 5.02 Å². The molecule has 0 heterocycles. The van der Waals surface area contributed by atoms with Gasteiger partial charge in [0.05, 0.1) is 6.10 Å². The number of hydrogen-bond donors (Lipinski definition) is 0. The molecule has 2 heteroatoms. The van der Waals surface area contributed by atoms with E-state index < -0.39 is 0 Å². The average molecular weight is 199 g/mol. The summed E-state index contributed by atoms with van der Waals surface area (Å²) in [5, 5.41) is 0.725. The lowest BCUT2D eigenvalue weighted by molar-refractivity contribution is 0.193. The zero-order chi connectivity index (χ0) is 9.68. The highest BCUT2D eigenvalue weighted by molar-refractivity contribution is 6.30. The van der Waals surface area contributed by atoms with Crippen molar-refractivity contribution in [2.24, 2.45) is 0 Å². The van der Waals surface area contributed by atoms with E-state index in [-0.39, 0.29) is 0 Å². The van der Waals surface area contributed by atoms with E-state index in [1.165, 1.54) is 0 Å². The summed E-state index contributed by atoms with van der Waals surface area (Å²) in [5.41, 5.74) is 0. The van der Waals surface area contributed by atoms with Crippen molar-refractivity contribution in [3.8, 4) is 5.75 Å². The standard InChI is InChI=1S/C11H15ClO/c1-3-10(4-2)13-11-7-5-6-9(12)8-11/h5-8,10H,3-4H2,1-2H3. The topological polar surface area (TPSA) is 9.23 Å². The van der Waals surface area contributed by atoms with Gasteiger partial charge >= 0.3 is 0 Å². The summed E-state index contributed by atoms with van der Waals surface area (Å²) in [5.74, 6) is 0.862. The van der Waals surface area contributed by atoms with Gasteiger partial charge in [-0.1, -0.05) is 31.5 Å². The first-order valence-electron chi connectivity index (χ1n) is 4.68. The molecular formula is C11H15ClO. The minimum atomic E-state index is 0.304. The maximum absolute atomic E-state index is 5.83. The fraction of sp³-hybridized carbons (Fsp3) is 0.455. The summed E-state index contributed by atoms with van der Waals surface area (Å²) in [7, 11) is 0. The Kier molecular flexibility index (Phi) is 4.10. The molecular weight excluding hydrogens is 184 g/mol. The van der Waals surface area contributed by atoms with E-state index in [2.05, 4.69) is 13.8 Å². The number of ether oxygens (including phenoxy) is 1. The van der Waals surface area contributed by atoms with Crippen molar-refractivity contribution < 1.29 is 4.74 Å². The lowest BCUT2D eigenvalue weighted by Gasteiger charge is -2.15. The number of halogens is 1. The molecule has 0 unspecified atom stereocenters.